The van der Waals surface area contributed by atoms with Crippen molar-refractivity contribution in [1.82, 2.24) is 4.98 Å². The number of rotatable bonds is 3. The quantitative estimate of drug-likeness (QED) is 0.916. The highest BCUT2D eigenvalue weighted by molar-refractivity contribution is 6.04. The number of para-hydroxylation sites is 1. The molecule has 0 saturated heterocycles. The molecule has 2 rings (SSSR count). The van der Waals surface area contributed by atoms with E-state index in [0.29, 0.717) is 11.3 Å². The van der Waals surface area contributed by atoms with Crippen molar-refractivity contribution < 1.29 is 9.18 Å². The minimum atomic E-state index is -0.498. The Morgan fingerprint density at radius 3 is 2.89 bits per heavy atom. The number of hydrogen-bond acceptors (Lipinski definition) is 3. The largest absolute Gasteiger partial charge is 0.319 e. The third kappa shape index (κ3) is 3.13. The van der Waals surface area contributed by atoms with Gasteiger partial charge in [0.2, 0.25) is 0 Å². The molecular weight excluding hydrogens is 245 g/mol. The maximum atomic E-state index is 13.4. The monoisotopic (exact) mass is 255 g/mol. The Kier molecular flexibility index (Phi) is 3.84. The number of pyridine rings is 1. The average molecular weight is 255 g/mol. The van der Waals surface area contributed by atoms with Gasteiger partial charge >= 0.3 is 0 Å². The van der Waals surface area contributed by atoms with E-state index in [1.54, 1.807) is 12.1 Å². The van der Waals surface area contributed by atoms with Crippen LogP contribution < -0.4 is 5.32 Å². The third-order valence-corrected chi connectivity index (χ3v) is 2.46. The van der Waals surface area contributed by atoms with Crippen LogP contribution in [-0.2, 0) is 6.42 Å². The standard InChI is InChI=1S/C14H10FN3O/c15-12-3-1-2-4-13(12)18-14(19)10-6-8-17-11(9-10)5-7-16/h1-4,6,8-9H,5H2,(H,18,19). The summed E-state index contributed by atoms with van der Waals surface area (Å²) in [6, 6.07) is 10.9. The first-order chi connectivity index (χ1) is 9.20. The van der Waals surface area contributed by atoms with E-state index in [1.165, 1.54) is 30.5 Å². The molecule has 94 valence electrons. The van der Waals surface area contributed by atoms with Gasteiger partial charge in [-0.3, -0.25) is 9.78 Å². The molecule has 0 bridgehead atoms. The lowest BCUT2D eigenvalue weighted by molar-refractivity contribution is 0.102. The molecule has 19 heavy (non-hydrogen) atoms. The fourth-order valence-electron chi connectivity index (χ4n) is 1.55. The van der Waals surface area contributed by atoms with E-state index < -0.39 is 11.7 Å². The van der Waals surface area contributed by atoms with E-state index in [-0.39, 0.29) is 12.1 Å². The number of nitriles is 1. The van der Waals surface area contributed by atoms with E-state index in [0.717, 1.165) is 0 Å². The molecule has 0 atom stereocenters. The maximum absolute atomic E-state index is 13.4. The van der Waals surface area contributed by atoms with Gasteiger partial charge in [0.05, 0.1) is 23.9 Å². The number of nitrogens with zero attached hydrogens (tertiary/aromatic N) is 2. The number of carbonyl (C=O) groups excluding carboxylic acids is 1. The Morgan fingerprint density at radius 1 is 1.37 bits per heavy atom. The molecule has 0 aliphatic heterocycles. The zero-order valence-corrected chi connectivity index (χ0v) is 9.93. The number of benzene rings is 1. The number of halogens is 1. The van der Waals surface area contributed by atoms with Crippen LogP contribution in [0.4, 0.5) is 10.1 Å². The third-order valence-electron chi connectivity index (χ3n) is 2.46. The predicted octanol–water partition coefficient (Wildman–Crippen LogP) is 2.54. The van der Waals surface area contributed by atoms with Gasteiger partial charge in [-0.05, 0) is 24.3 Å². The van der Waals surface area contributed by atoms with Gasteiger partial charge in [0.1, 0.15) is 5.82 Å². The van der Waals surface area contributed by atoms with Crippen LogP contribution in [-0.4, -0.2) is 10.9 Å². The molecule has 2 aromatic rings. The summed E-state index contributed by atoms with van der Waals surface area (Å²) in [7, 11) is 0. The second-order valence-electron chi connectivity index (χ2n) is 3.80. The molecule has 0 aliphatic rings. The minimum absolute atomic E-state index is 0.117. The number of anilines is 1. The highest BCUT2D eigenvalue weighted by Crippen LogP contribution is 2.14. The Hall–Kier alpha value is -2.74. The van der Waals surface area contributed by atoms with Crippen LogP contribution in [0.5, 0.6) is 0 Å². The van der Waals surface area contributed by atoms with E-state index in [9.17, 15) is 9.18 Å². The highest BCUT2D eigenvalue weighted by atomic mass is 19.1. The van der Waals surface area contributed by atoms with E-state index in [1.807, 2.05) is 6.07 Å². The summed E-state index contributed by atoms with van der Waals surface area (Å²) in [5.41, 5.74) is 0.957. The lowest BCUT2D eigenvalue weighted by Gasteiger charge is -2.06. The molecule has 0 radical (unpaired) electrons. The van der Waals surface area contributed by atoms with Crippen molar-refractivity contribution in [3.63, 3.8) is 0 Å². The first-order valence-electron chi connectivity index (χ1n) is 5.58. The first kappa shape index (κ1) is 12.7. The van der Waals surface area contributed by atoms with Gasteiger partial charge in [0, 0.05) is 11.8 Å². The van der Waals surface area contributed by atoms with Crippen molar-refractivity contribution in [1.29, 1.82) is 5.26 Å². The molecular formula is C14H10FN3O. The lowest BCUT2D eigenvalue weighted by Crippen LogP contribution is -2.13. The van der Waals surface area contributed by atoms with Crippen LogP contribution in [0.1, 0.15) is 16.1 Å². The molecule has 1 amide bonds. The predicted molar refractivity (Wildman–Crippen MR) is 67.9 cm³/mol. The fraction of sp³-hybridized carbons (Fsp3) is 0.0714. The zero-order chi connectivity index (χ0) is 13.7. The Morgan fingerprint density at radius 2 is 2.16 bits per heavy atom. The van der Waals surface area contributed by atoms with E-state index in [2.05, 4.69) is 10.3 Å². The second kappa shape index (κ2) is 5.74. The van der Waals surface area contributed by atoms with Gasteiger partial charge < -0.3 is 5.32 Å². The van der Waals surface area contributed by atoms with Crippen molar-refractivity contribution >= 4 is 11.6 Å². The number of aromatic nitrogens is 1. The second-order valence-corrected chi connectivity index (χ2v) is 3.80. The SMILES string of the molecule is N#CCc1cc(C(=O)Nc2ccccc2F)ccn1. The molecule has 1 aromatic carbocycles. The normalized spacial score (nSPS) is 9.68. The van der Waals surface area contributed by atoms with Crippen molar-refractivity contribution in [2.45, 2.75) is 6.42 Å². The highest BCUT2D eigenvalue weighted by Gasteiger charge is 2.09. The van der Waals surface area contributed by atoms with Crippen molar-refractivity contribution in [3.05, 3.63) is 59.7 Å². The van der Waals surface area contributed by atoms with Crippen LogP contribution in [0, 0.1) is 17.1 Å². The topological polar surface area (TPSA) is 65.8 Å². The molecule has 0 fully saturated rings. The summed E-state index contributed by atoms with van der Waals surface area (Å²) < 4.78 is 13.4. The summed E-state index contributed by atoms with van der Waals surface area (Å²) in [6.07, 6.45) is 1.57. The van der Waals surface area contributed by atoms with Gasteiger partial charge in [0.25, 0.3) is 5.91 Å². The van der Waals surface area contributed by atoms with Crippen LogP contribution in [0.25, 0.3) is 0 Å². The number of nitrogens with one attached hydrogen (secondary N) is 1. The summed E-state index contributed by atoms with van der Waals surface area (Å²) in [5, 5.41) is 11.1. The summed E-state index contributed by atoms with van der Waals surface area (Å²) in [6.45, 7) is 0. The summed E-state index contributed by atoms with van der Waals surface area (Å²) in [5.74, 6) is -0.936. The summed E-state index contributed by atoms with van der Waals surface area (Å²) >= 11 is 0. The average Bonchev–Trinajstić information content (AvgIpc) is 2.42. The molecule has 0 saturated carbocycles. The molecule has 1 aromatic heterocycles. The first-order valence-corrected chi connectivity index (χ1v) is 5.58. The Labute approximate surface area is 109 Å². The Balaban J connectivity index is 2.19. The lowest BCUT2D eigenvalue weighted by atomic mass is 10.2. The smallest absolute Gasteiger partial charge is 0.255 e. The number of hydrogen-bond donors (Lipinski definition) is 1. The molecule has 4 nitrogen and oxygen atoms in total. The van der Waals surface area contributed by atoms with Gasteiger partial charge in [0.15, 0.2) is 0 Å². The van der Waals surface area contributed by atoms with E-state index in [4.69, 9.17) is 5.26 Å². The van der Waals surface area contributed by atoms with Crippen molar-refractivity contribution in [2.75, 3.05) is 5.32 Å². The van der Waals surface area contributed by atoms with Gasteiger partial charge in [-0.25, -0.2) is 4.39 Å². The molecule has 1 heterocycles. The van der Waals surface area contributed by atoms with Crippen LogP contribution in [0.15, 0.2) is 42.6 Å². The Bertz CT molecular complexity index is 649. The van der Waals surface area contributed by atoms with Crippen LogP contribution >= 0.6 is 0 Å². The van der Waals surface area contributed by atoms with Gasteiger partial charge in [-0.1, -0.05) is 12.1 Å². The molecule has 5 heteroatoms. The maximum Gasteiger partial charge on any atom is 0.255 e. The molecule has 0 aliphatic carbocycles. The van der Waals surface area contributed by atoms with Crippen molar-refractivity contribution in [2.24, 2.45) is 0 Å². The van der Waals surface area contributed by atoms with Crippen LogP contribution in [0.2, 0.25) is 0 Å². The van der Waals surface area contributed by atoms with Gasteiger partial charge in [-0.15, -0.1) is 0 Å². The van der Waals surface area contributed by atoms with Gasteiger partial charge in [-0.2, -0.15) is 5.26 Å². The number of amides is 1. The van der Waals surface area contributed by atoms with E-state index >= 15 is 0 Å². The zero-order valence-electron chi connectivity index (χ0n) is 9.93. The van der Waals surface area contributed by atoms with Crippen molar-refractivity contribution in [3.8, 4) is 6.07 Å². The fourth-order valence-corrected chi connectivity index (χ4v) is 1.55. The minimum Gasteiger partial charge on any atom is -0.319 e. The molecule has 1 N–H and O–H groups in total. The summed E-state index contributed by atoms with van der Waals surface area (Å²) in [4.78, 5) is 15.9. The number of carbonyl (C=O) groups is 1. The molecule has 0 unspecified atom stereocenters. The molecule has 0 spiro atoms. The van der Waals surface area contributed by atoms with Crippen LogP contribution in [0.3, 0.4) is 0 Å².